The van der Waals surface area contributed by atoms with E-state index < -0.39 is 11.7 Å². The van der Waals surface area contributed by atoms with E-state index in [0.717, 1.165) is 23.5 Å². The van der Waals surface area contributed by atoms with Crippen LogP contribution < -0.4 is 15.4 Å². The Hall–Kier alpha value is -3.68. The van der Waals surface area contributed by atoms with E-state index in [1.165, 1.54) is 18.2 Å². The Labute approximate surface area is 193 Å². The molecule has 7 nitrogen and oxygen atoms in total. The van der Waals surface area contributed by atoms with E-state index in [-0.39, 0.29) is 11.5 Å². The molecule has 1 heterocycles. The number of carbonyl (C=O) groups excluding carboxylic acids is 1. The lowest BCUT2D eigenvalue weighted by Crippen LogP contribution is -2.36. The van der Waals surface area contributed by atoms with Crippen molar-refractivity contribution in [3.63, 3.8) is 0 Å². The van der Waals surface area contributed by atoms with E-state index in [2.05, 4.69) is 27.6 Å². The maximum atomic E-state index is 13.6. The first-order chi connectivity index (χ1) is 15.9. The molecule has 3 rings (SSSR count). The summed E-state index contributed by atoms with van der Waals surface area (Å²) in [6.07, 6.45) is 0.672. The summed E-state index contributed by atoms with van der Waals surface area (Å²) in [6.45, 7) is 9.73. The standard InChI is InChI=1S/C25H30FN5O2/c1-5-31-18(4)21(17(3)30-31)14-15-27-25(28-22-12-7-8-13-23(22)33-6-2)29-24(32)19-10-9-11-20(26)16-19/h7-13,16H,5-6,14-15H2,1-4H3,(H2,27,28,29,32). The summed E-state index contributed by atoms with van der Waals surface area (Å²) in [5.41, 5.74) is 4.11. The molecule has 8 heteroatoms. The Kier molecular flexibility index (Phi) is 8.18. The van der Waals surface area contributed by atoms with Crippen LogP contribution in [0.4, 0.5) is 10.1 Å². The first kappa shape index (κ1) is 24.0. The van der Waals surface area contributed by atoms with Crippen molar-refractivity contribution in [2.45, 2.75) is 40.7 Å². The molecule has 0 spiro atoms. The molecule has 0 atom stereocenters. The predicted octanol–water partition coefficient (Wildman–Crippen LogP) is 4.50. The van der Waals surface area contributed by atoms with E-state index in [1.807, 2.05) is 49.7 Å². The predicted molar refractivity (Wildman–Crippen MR) is 128 cm³/mol. The largest absolute Gasteiger partial charge is 0.492 e. The monoisotopic (exact) mass is 451 g/mol. The number of para-hydroxylation sites is 2. The molecule has 0 unspecified atom stereocenters. The van der Waals surface area contributed by atoms with Crippen molar-refractivity contribution in [2.24, 2.45) is 4.99 Å². The van der Waals surface area contributed by atoms with Crippen LogP contribution in [0, 0.1) is 19.7 Å². The third-order valence-corrected chi connectivity index (χ3v) is 5.22. The van der Waals surface area contributed by atoms with Gasteiger partial charge in [0.25, 0.3) is 5.91 Å². The lowest BCUT2D eigenvalue weighted by atomic mass is 10.1. The first-order valence-electron chi connectivity index (χ1n) is 11.1. The number of guanidine groups is 1. The maximum Gasteiger partial charge on any atom is 0.258 e. The third kappa shape index (κ3) is 6.19. The second kappa shape index (κ2) is 11.3. The molecule has 2 aromatic carbocycles. The van der Waals surface area contributed by atoms with E-state index in [9.17, 15) is 9.18 Å². The van der Waals surface area contributed by atoms with E-state index in [1.54, 1.807) is 6.07 Å². The number of nitrogens with one attached hydrogen (secondary N) is 2. The molecule has 0 bridgehead atoms. The molecule has 0 saturated carbocycles. The minimum Gasteiger partial charge on any atom is -0.492 e. The number of carbonyl (C=O) groups is 1. The minimum absolute atomic E-state index is 0.207. The van der Waals surface area contributed by atoms with Crippen LogP contribution in [0.2, 0.25) is 0 Å². The van der Waals surface area contributed by atoms with Gasteiger partial charge in [-0.3, -0.25) is 19.8 Å². The number of ether oxygens (including phenoxy) is 1. The molecular formula is C25H30FN5O2. The Bertz CT molecular complexity index is 1140. The van der Waals surface area contributed by atoms with Crippen molar-refractivity contribution in [3.05, 3.63) is 76.9 Å². The van der Waals surface area contributed by atoms with Gasteiger partial charge in [0.05, 0.1) is 18.0 Å². The van der Waals surface area contributed by atoms with Crippen molar-refractivity contribution >= 4 is 17.6 Å². The van der Waals surface area contributed by atoms with E-state index in [0.29, 0.717) is 31.0 Å². The average molecular weight is 452 g/mol. The lowest BCUT2D eigenvalue weighted by molar-refractivity contribution is 0.0976. The number of aryl methyl sites for hydroxylation is 2. The van der Waals surface area contributed by atoms with Gasteiger partial charge in [-0.25, -0.2) is 4.39 Å². The van der Waals surface area contributed by atoms with Crippen LogP contribution in [0.25, 0.3) is 0 Å². The number of aromatic nitrogens is 2. The zero-order valence-electron chi connectivity index (χ0n) is 19.5. The normalized spacial score (nSPS) is 11.4. The smallest absolute Gasteiger partial charge is 0.258 e. The number of nitrogens with zero attached hydrogens (tertiary/aromatic N) is 3. The second-order valence-electron chi connectivity index (χ2n) is 7.46. The second-order valence-corrected chi connectivity index (χ2v) is 7.46. The van der Waals surface area contributed by atoms with Gasteiger partial charge in [-0.1, -0.05) is 18.2 Å². The fourth-order valence-electron chi connectivity index (χ4n) is 3.58. The Morgan fingerprint density at radius 1 is 1.15 bits per heavy atom. The van der Waals surface area contributed by atoms with Gasteiger partial charge in [0, 0.05) is 24.3 Å². The van der Waals surface area contributed by atoms with Crippen molar-refractivity contribution in [1.82, 2.24) is 15.1 Å². The van der Waals surface area contributed by atoms with Crippen LogP contribution in [0.5, 0.6) is 5.75 Å². The number of benzene rings is 2. The van der Waals surface area contributed by atoms with Gasteiger partial charge in [-0.2, -0.15) is 5.10 Å². The van der Waals surface area contributed by atoms with Crippen LogP contribution in [-0.4, -0.2) is 34.8 Å². The van der Waals surface area contributed by atoms with Crippen molar-refractivity contribution in [2.75, 3.05) is 18.5 Å². The highest BCUT2D eigenvalue weighted by molar-refractivity contribution is 6.10. The summed E-state index contributed by atoms with van der Waals surface area (Å²) in [7, 11) is 0. The Morgan fingerprint density at radius 3 is 2.64 bits per heavy atom. The topological polar surface area (TPSA) is 80.5 Å². The molecule has 2 N–H and O–H groups in total. The lowest BCUT2D eigenvalue weighted by Gasteiger charge is -2.15. The summed E-state index contributed by atoms with van der Waals surface area (Å²) >= 11 is 0. The molecule has 0 saturated heterocycles. The first-order valence-corrected chi connectivity index (χ1v) is 11.1. The van der Waals surface area contributed by atoms with Crippen LogP contribution in [0.15, 0.2) is 53.5 Å². The minimum atomic E-state index is -0.477. The van der Waals surface area contributed by atoms with Crippen LogP contribution in [-0.2, 0) is 13.0 Å². The molecule has 174 valence electrons. The zero-order chi connectivity index (χ0) is 23.8. The molecule has 33 heavy (non-hydrogen) atoms. The molecule has 0 aliphatic rings. The maximum absolute atomic E-state index is 13.6. The molecule has 1 aromatic heterocycles. The van der Waals surface area contributed by atoms with Crippen molar-refractivity contribution in [1.29, 1.82) is 0 Å². The quantitative estimate of drug-likeness (QED) is 0.390. The summed E-state index contributed by atoms with van der Waals surface area (Å²) in [5, 5.41) is 10.5. The summed E-state index contributed by atoms with van der Waals surface area (Å²) < 4.78 is 21.2. The number of amides is 1. The summed E-state index contributed by atoms with van der Waals surface area (Å²) in [5.74, 6) is -0.0336. The molecule has 0 fully saturated rings. The third-order valence-electron chi connectivity index (χ3n) is 5.22. The van der Waals surface area contributed by atoms with Gasteiger partial charge in [-0.05, 0) is 70.0 Å². The molecule has 0 radical (unpaired) electrons. The molecular weight excluding hydrogens is 421 g/mol. The van der Waals surface area contributed by atoms with Crippen LogP contribution in [0.1, 0.15) is 41.2 Å². The molecule has 0 aliphatic carbocycles. The average Bonchev–Trinajstić information content (AvgIpc) is 3.08. The molecule has 3 aromatic rings. The van der Waals surface area contributed by atoms with Gasteiger partial charge >= 0.3 is 0 Å². The van der Waals surface area contributed by atoms with Crippen LogP contribution >= 0.6 is 0 Å². The summed E-state index contributed by atoms with van der Waals surface area (Å²) in [4.78, 5) is 17.4. The molecule has 1 amide bonds. The Morgan fingerprint density at radius 2 is 1.94 bits per heavy atom. The fourth-order valence-corrected chi connectivity index (χ4v) is 3.58. The highest BCUT2D eigenvalue weighted by Crippen LogP contribution is 2.23. The zero-order valence-corrected chi connectivity index (χ0v) is 19.5. The number of halogens is 1. The number of hydrogen-bond donors (Lipinski definition) is 2. The van der Waals surface area contributed by atoms with E-state index >= 15 is 0 Å². The van der Waals surface area contributed by atoms with Gasteiger partial charge in [0.2, 0.25) is 5.96 Å². The van der Waals surface area contributed by atoms with Crippen molar-refractivity contribution < 1.29 is 13.9 Å². The number of hydrogen-bond acceptors (Lipinski definition) is 4. The molecule has 0 aliphatic heterocycles. The highest BCUT2D eigenvalue weighted by Gasteiger charge is 2.14. The Balaban J connectivity index is 1.83. The van der Waals surface area contributed by atoms with Gasteiger partial charge in [0.15, 0.2) is 0 Å². The number of rotatable bonds is 8. The van der Waals surface area contributed by atoms with Gasteiger partial charge < -0.3 is 10.1 Å². The fraction of sp³-hybridized carbons (Fsp3) is 0.320. The van der Waals surface area contributed by atoms with Crippen molar-refractivity contribution in [3.8, 4) is 5.75 Å². The number of anilines is 1. The number of aliphatic imine (C=N–C) groups is 1. The summed E-state index contributed by atoms with van der Waals surface area (Å²) in [6, 6.07) is 12.9. The van der Waals surface area contributed by atoms with Gasteiger partial charge in [-0.15, -0.1) is 0 Å². The van der Waals surface area contributed by atoms with Gasteiger partial charge in [0.1, 0.15) is 11.6 Å². The highest BCUT2D eigenvalue weighted by atomic mass is 19.1. The van der Waals surface area contributed by atoms with E-state index in [4.69, 9.17) is 4.74 Å². The van der Waals surface area contributed by atoms with Crippen LogP contribution in [0.3, 0.4) is 0 Å². The SMILES string of the molecule is CCOc1ccccc1NC(=NCCc1c(C)nn(CC)c1C)NC(=O)c1cccc(F)c1.